The van der Waals surface area contributed by atoms with E-state index in [4.69, 9.17) is 5.21 Å². The van der Waals surface area contributed by atoms with Crippen LogP contribution in [0.2, 0.25) is 0 Å². The first-order valence-electron chi connectivity index (χ1n) is 3.04. The smallest absolute Gasteiger partial charge is 0.0568 e. The fourth-order valence-electron chi connectivity index (χ4n) is 0.586. The summed E-state index contributed by atoms with van der Waals surface area (Å²) in [5, 5.41) is 11.4. The number of oxime groups is 1. The van der Waals surface area contributed by atoms with Gasteiger partial charge < -0.3 is 5.21 Å². The van der Waals surface area contributed by atoms with Crippen LogP contribution in [0.3, 0.4) is 0 Å². The minimum Gasteiger partial charge on any atom is -0.411 e. The Morgan fingerprint density at radius 3 is 2.25 bits per heavy atom. The molecule has 2 heteroatoms. The molecule has 8 heavy (non-hydrogen) atoms. The topological polar surface area (TPSA) is 32.6 Å². The van der Waals surface area contributed by atoms with E-state index in [1.165, 1.54) is 0 Å². The van der Waals surface area contributed by atoms with Crippen LogP contribution in [0.25, 0.3) is 0 Å². The second-order valence-electron chi connectivity index (χ2n) is 1.77. The van der Waals surface area contributed by atoms with Gasteiger partial charge in [-0.3, -0.25) is 0 Å². The first-order valence-corrected chi connectivity index (χ1v) is 3.04. The molecule has 0 aliphatic heterocycles. The van der Waals surface area contributed by atoms with Crippen LogP contribution in [0.5, 0.6) is 0 Å². The van der Waals surface area contributed by atoms with Crippen molar-refractivity contribution in [3.05, 3.63) is 0 Å². The van der Waals surface area contributed by atoms with Crippen molar-refractivity contribution in [2.45, 2.75) is 33.1 Å². The van der Waals surface area contributed by atoms with Crippen molar-refractivity contribution >= 4 is 5.71 Å². The van der Waals surface area contributed by atoms with Gasteiger partial charge in [-0.2, -0.15) is 0 Å². The van der Waals surface area contributed by atoms with Crippen molar-refractivity contribution in [3.63, 3.8) is 0 Å². The Morgan fingerprint density at radius 1 is 1.50 bits per heavy atom. The normalized spacial score (nSPS) is 12.0. The van der Waals surface area contributed by atoms with Crippen LogP contribution in [0.15, 0.2) is 5.16 Å². The molecule has 0 unspecified atom stereocenters. The zero-order valence-electron chi connectivity index (χ0n) is 5.52. The lowest BCUT2D eigenvalue weighted by Crippen LogP contribution is -1.93. The summed E-state index contributed by atoms with van der Waals surface area (Å²) in [4.78, 5) is 0. The monoisotopic (exact) mass is 115 g/mol. The lowest BCUT2D eigenvalue weighted by molar-refractivity contribution is 0.316. The quantitative estimate of drug-likeness (QED) is 0.340. The summed E-state index contributed by atoms with van der Waals surface area (Å²) in [5.41, 5.74) is 0.896. The first kappa shape index (κ1) is 7.47. The van der Waals surface area contributed by atoms with Gasteiger partial charge in [0.25, 0.3) is 0 Å². The van der Waals surface area contributed by atoms with Gasteiger partial charge >= 0.3 is 0 Å². The summed E-state index contributed by atoms with van der Waals surface area (Å²) in [6, 6.07) is 0. The molecule has 0 bridgehead atoms. The molecule has 0 fully saturated rings. The third-order valence-corrected chi connectivity index (χ3v) is 1.09. The number of nitrogens with zero attached hydrogens (tertiary/aromatic N) is 1. The van der Waals surface area contributed by atoms with Crippen molar-refractivity contribution in [2.24, 2.45) is 5.16 Å². The van der Waals surface area contributed by atoms with E-state index >= 15 is 0 Å². The SMILES string of the molecule is CCCC(CC)=NO. The molecule has 0 saturated heterocycles. The minimum absolute atomic E-state index is 0.865. The second kappa shape index (κ2) is 4.62. The largest absolute Gasteiger partial charge is 0.411 e. The third kappa shape index (κ3) is 2.61. The van der Waals surface area contributed by atoms with E-state index in [0.29, 0.717) is 0 Å². The standard InChI is InChI=1S/C6H13NO/c1-3-5-6(4-2)7-8/h8H,3-5H2,1-2H3. The summed E-state index contributed by atoms with van der Waals surface area (Å²) in [7, 11) is 0. The highest BCUT2D eigenvalue weighted by Crippen LogP contribution is 1.94. The molecule has 1 N–H and O–H groups in total. The van der Waals surface area contributed by atoms with Gasteiger partial charge in [0.2, 0.25) is 0 Å². The Hall–Kier alpha value is -0.530. The molecule has 0 rings (SSSR count). The van der Waals surface area contributed by atoms with Crippen LogP contribution in [-0.2, 0) is 0 Å². The van der Waals surface area contributed by atoms with Gasteiger partial charge in [0.1, 0.15) is 0 Å². The highest BCUT2D eigenvalue weighted by Gasteiger charge is 1.91. The van der Waals surface area contributed by atoms with Crippen molar-refractivity contribution in [1.29, 1.82) is 0 Å². The summed E-state index contributed by atoms with van der Waals surface area (Å²) in [5.74, 6) is 0. The van der Waals surface area contributed by atoms with Crippen molar-refractivity contribution < 1.29 is 5.21 Å². The van der Waals surface area contributed by atoms with Crippen molar-refractivity contribution in [1.82, 2.24) is 0 Å². The number of rotatable bonds is 3. The average molecular weight is 115 g/mol. The number of hydrogen-bond donors (Lipinski definition) is 1. The molecular weight excluding hydrogens is 102 g/mol. The van der Waals surface area contributed by atoms with E-state index in [1.807, 2.05) is 6.92 Å². The van der Waals surface area contributed by atoms with Gasteiger partial charge in [0, 0.05) is 0 Å². The summed E-state index contributed by atoms with van der Waals surface area (Å²) in [6.07, 6.45) is 2.85. The molecule has 48 valence electrons. The summed E-state index contributed by atoms with van der Waals surface area (Å²) in [6.45, 7) is 4.06. The highest BCUT2D eigenvalue weighted by atomic mass is 16.4. The van der Waals surface area contributed by atoms with Gasteiger partial charge in [-0.25, -0.2) is 0 Å². The molecule has 0 aromatic carbocycles. The second-order valence-corrected chi connectivity index (χ2v) is 1.77. The Balaban J connectivity index is 3.38. The fourth-order valence-corrected chi connectivity index (χ4v) is 0.586. The third-order valence-electron chi connectivity index (χ3n) is 1.09. The summed E-state index contributed by atoms with van der Waals surface area (Å²) < 4.78 is 0. The molecule has 0 aromatic heterocycles. The van der Waals surface area contributed by atoms with E-state index in [2.05, 4.69) is 12.1 Å². The first-order chi connectivity index (χ1) is 3.85. The van der Waals surface area contributed by atoms with Gasteiger partial charge in [0.05, 0.1) is 5.71 Å². The lowest BCUT2D eigenvalue weighted by atomic mass is 10.2. The maximum atomic E-state index is 8.25. The Morgan fingerprint density at radius 2 is 2.12 bits per heavy atom. The predicted molar refractivity (Wildman–Crippen MR) is 34.4 cm³/mol. The van der Waals surface area contributed by atoms with Crippen molar-refractivity contribution in [2.75, 3.05) is 0 Å². The molecule has 0 aromatic rings. The number of hydrogen-bond acceptors (Lipinski definition) is 2. The van der Waals surface area contributed by atoms with Crippen molar-refractivity contribution in [3.8, 4) is 0 Å². The fraction of sp³-hybridized carbons (Fsp3) is 0.833. The maximum Gasteiger partial charge on any atom is 0.0568 e. The lowest BCUT2D eigenvalue weighted by Gasteiger charge is -1.93. The van der Waals surface area contributed by atoms with E-state index in [9.17, 15) is 0 Å². The van der Waals surface area contributed by atoms with Gasteiger partial charge in [-0.05, 0) is 12.8 Å². The van der Waals surface area contributed by atoms with Gasteiger partial charge in [0.15, 0.2) is 0 Å². The molecule has 0 spiro atoms. The average Bonchev–Trinajstić information content (AvgIpc) is 1.83. The van der Waals surface area contributed by atoms with Crippen LogP contribution >= 0.6 is 0 Å². The van der Waals surface area contributed by atoms with Crippen LogP contribution in [0, 0.1) is 0 Å². The maximum absolute atomic E-state index is 8.25. The van der Waals surface area contributed by atoms with Crippen LogP contribution in [-0.4, -0.2) is 10.9 Å². The molecule has 0 aliphatic rings. The van der Waals surface area contributed by atoms with Gasteiger partial charge in [-0.1, -0.05) is 25.4 Å². The van der Waals surface area contributed by atoms with E-state index in [0.717, 1.165) is 25.0 Å². The Labute approximate surface area is 50.2 Å². The highest BCUT2D eigenvalue weighted by molar-refractivity contribution is 5.83. The molecule has 0 atom stereocenters. The Kier molecular flexibility index (Phi) is 4.32. The van der Waals surface area contributed by atoms with E-state index in [-0.39, 0.29) is 0 Å². The van der Waals surface area contributed by atoms with E-state index < -0.39 is 0 Å². The molecule has 0 heterocycles. The van der Waals surface area contributed by atoms with Crippen LogP contribution in [0.4, 0.5) is 0 Å². The van der Waals surface area contributed by atoms with Crippen LogP contribution in [0.1, 0.15) is 33.1 Å². The molecular formula is C6H13NO. The molecule has 0 saturated carbocycles. The predicted octanol–water partition coefficient (Wildman–Crippen LogP) is 2.03. The molecule has 2 nitrogen and oxygen atoms in total. The zero-order valence-corrected chi connectivity index (χ0v) is 5.52. The minimum atomic E-state index is 0.865. The Bertz CT molecular complexity index is 78.6. The molecule has 0 amide bonds. The summed E-state index contributed by atoms with van der Waals surface area (Å²) >= 11 is 0. The zero-order chi connectivity index (χ0) is 6.41. The molecule has 0 aliphatic carbocycles. The van der Waals surface area contributed by atoms with E-state index in [1.54, 1.807) is 0 Å². The van der Waals surface area contributed by atoms with Gasteiger partial charge in [-0.15, -0.1) is 0 Å². The molecule has 0 radical (unpaired) electrons. The van der Waals surface area contributed by atoms with Crippen LogP contribution < -0.4 is 0 Å².